The summed E-state index contributed by atoms with van der Waals surface area (Å²) in [6.07, 6.45) is 0. The van der Waals surface area contributed by atoms with Gasteiger partial charge in [-0.05, 0) is 105 Å². The van der Waals surface area contributed by atoms with Crippen molar-refractivity contribution in [3.05, 3.63) is 216 Å². The fourth-order valence-electron chi connectivity index (χ4n) is 10.5. The van der Waals surface area contributed by atoms with E-state index in [1.54, 1.807) is 0 Å². The fraction of sp³-hybridized carbons (Fsp3) is 0.103. The summed E-state index contributed by atoms with van der Waals surface area (Å²) in [5.74, 6) is 2.65. The summed E-state index contributed by atoms with van der Waals surface area (Å²) in [6, 6.07) is 69.6. The van der Waals surface area contributed by atoms with E-state index < -0.39 is 0 Å². The lowest BCUT2D eigenvalue weighted by atomic mass is 9.82. The molecule has 2 aliphatic carbocycles. The smallest absolute Gasteiger partial charge is 0.196 e. The minimum Gasteiger partial charge on any atom is -0.447 e. The van der Waals surface area contributed by atoms with Gasteiger partial charge in [0, 0.05) is 44.4 Å². The Morgan fingerprint density at radius 3 is 1.11 bits per heavy atom. The first-order valence-electron chi connectivity index (χ1n) is 21.5. The van der Waals surface area contributed by atoms with Gasteiger partial charge in [-0.1, -0.05) is 161 Å². The first-order valence-corrected chi connectivity index (χ1v) is 21.5. The Morgan fingerprint density at radius 1 is 0.323 bits per heavy atom. The van der Waals surface area contributed by atoms with Crippen LogP contribution in [0.5, 0.6) is 23.0 Å². The van der Waals surface area contributed by atoms with Gasteiger partial charge in [-0.3, -0.25) is 0 Å². The highest BCUT2D eigenvalue weighted by Gasteiger charge is 2.40. The van der Waals surface area contributed by atoms with Gasteiger partial charge in [0.2, 0.25) is 0 Å². The first kappa shape index (κ1) is 36.3. The average Bonchev–Trinajstić information content (AvgIpc) is 3.69. The molecule has 9 aromatic carbocycles. The second-order valence-corrected chi connectivity index (χ2v) is 17.7. The van der Waals surface area contributed by atoms with Gasteiger partial charge in [0.25, 0.3) is 0 Å². The molecule has 0 N–H and O–H groups in total. The fourth-order valence-corrected chi connectivity index (χ4v) is 10.5. The van der Waals surface area contributed by atoms with Crippen LogP contribution in [0.15, 0.2) is 194 Å². The number of hydrogen-bond acceptors (Lipinski definition) is 4. The molecule has 4 nitrogen and oxygen atoms in total. The second kappa shape index (κ2) is 13.5. The van der Waals surface area contributed by atoms with E-state index in [2.05, 4.69) is 207 Å². The maximum atomic E-state index is 7.24. The van der Waals surface area contributed by atoms with Crippen LogP contribution in [0.2, 0.25) is 0 Å². The Kier molecular flexibility index (Phi) is 7.89. The number of ether oxygens (including phenoxy) is 2. The summed E-state index contributed by atoms with van der Waals surface area (Å²) in [5, 5.41) is 2.07. The van der Waals surface area contributed by atoms with Crippen LogP contribution in [0.3, 0.4) is 0 Å². The Bertz CT molecular complexity index is 3040. The normalized spacial score (nSPS) is 14.3. The quantitative estimate of drug-likeness (QED) is 0.156. The molecule has 0 aromatic heterocycles. The van der Waals surface area contributed by atoms with Gasteiger partial charge in [0.15, 0.2) is 23.0 Å². The Labute approximate surface area is 362 Å². The van der Waals surface area contributed by atoms with Crippen molar-refractivity contribution in [2.45, 2.75) is 38.5 Å². The first-order chi connectivity index (χ1) is 30.3. The van der Waals surface area contributed by atoms with Crippen LogP contribution in [0.25, 0.3) is 33.0 Å². The second-order valence-electron chi connectivity index (χ2n) is 17.7. The van der Waals surface area contributed by atoms with Gasteiger partial charge in [-0.15, -0.1) is 0 Å². The van der Waals surface area contributed by atoms with Crippen LogP contribution in [-0.2, 0) is 10.8 Å². The summed E-state index contributed by atoms with van der Waals surface area (Å²) >= 11 is 0. The van der Waals surface area contributed by atoms with Crippen LogP contribution < -0.4 is 19.3 Å². The van der Waals surface area contributed by atoms with Gasteiger partial charge in [-0.2, -0.15) is 0 Å². The number of anilines is 6. The van der Waals surface area contributed by atoms with E-state index in [9.17, 15) is 0 Å². The van der Waals surface area contributed by atoms with Gasteiger partial charge >= 0.3 is 0 Å². The molecule has 0 spiro atoms. The molecular weight excluding hydrogens is 757 g/mol. The number of hydrogen-bond donors (Lipinski definition) is 0. The van der Waals surface area contributed by atoms with Crippen LogP contribution in [0.4, 0.5) is 34.1 Å². The number of para-hydroxylation sites is 4. The number of benzene rings is 9. The predicted octanol–water partition coefficient (Wildman–Crippen LogP) is 16.3. The third-order valence-corrected chi connectivity index (χ3v) is 13.5. The van der Waals surface area contributed by atoms with Crippen molar-refractivity contribution in [1.82, 2.24) is 0 Å². The van der Waals surface area contributed by atoms with Gasteiger partial charge in [0.05, 0.1) is 0 Å². The van der Waals surface area contributed by atoms with Crippen LogP contribution in [0, 0.1) is 0 Å². The summed E-state index contributed by atoms with van der Waals surface area (Å²) in [6.45, 7) is 9.35. The van der Waals surface area contributed by atoms with Crippen molar-refractivity contribution in [3.63, 3.8) is 0 Å². The minimum atomic E-state index is -0.184. The largest absolute Gasteiger partial charge is 0.447 e. The molecule has 62 heavy (non-hydrogen) atoms. The summed E-state index contributed by atoms with van der Waals surface area (Å²) in [4.78, 5) is 4.73. The van der Waals surface area contributed by atoms with Crippen molar-refractivity contribution in [3.8, 4) is 45.3 Å². The number of fused-ring (bicyclic) bond motifs is 9. The highest BCUT2D eigenvalue weighted by Crippen LogP contribution is 2.62. The molecule has 0 radical (unpaired) electrons. The molecule has 298 valence electrons. The van der Waals surface area contributed by atoms with Gasteiger partial charge < -0.3 is 19.3 Å². The molecule has 1 aliphatic heterocycles. The molecule has 12 rings (SSSR count). The minimum absolute atomic E-state index is 0.184. The summed E-state index contributed by atoms with van der Waals surface area (Å²) in [7, 11) is 0. The molecule has 0 atom stereocenters. The maximum Gasteiger partial charge on any atom is 0.196 e. The molecule has 0 saturated heterocycles. The van der Waals surface area contributed by atoms with E-state index >= 15 is 0 Å². The molecule has 0 unspecified atom stereocenters. The lowest BCUT2D eigenvalue weighted by Crippen LogP contribution is -2.19. The van der Waals surface area contributed by atoms with Crippen LogP contribution in [0.1, 0.15) is 49.9 Å². The lowest BCUT2D eigenvalue weighted by molar-refractivity contribution is 0.362. The zero-order valence-electron chi connectivity index (χ0n) is 35.2. The maximum absolute atomic E-state index is 7.24. The lowest BCUT2D eigenvalue weighted by Gasteiger charge is -2.36. The van der Waals surface area contributed by atoms with Crippen molar-refractivity contribution < 1.29 is 9.47 Å². The zero-order chi connectivity index (χ0) is 41.7. The van der Waals surface area contributed by atoms with Crippen molar-refractivity contribution in [1.29, 1.82) is 0 Å². The molecule has 9 aromatic rings. The van der Waals surface area contributed by atoms with E-state index in [1.165, 1.54) is 44.5 Å². The SMILES string of the molecule is CC1(C)c2ccccc2-c2ccc(N(c3ccccc3)c3c4c(c(N(c5ccccc5)c5ccc6c(c5)C(C)(C)c5ccccc5-6)c5ccccc35)Oc3ccccc3O4)cc21. The molecule has 0 fully saturated rings. The third-order valence-electron chi connectivity index (χ3n) is 13.5. The third kappa shape index (κ3) is 5.26. The molecular formula is C58H44N2O2. The van der Waals surface area contributed by atoms with Crippen molar-refractivity contribution >= 4 is 44.9 Å². The van der Waals surface area contributed by atoms with Gasteiger partial charge in [-0.25, -0.2) is 0 Å². The topological polar surface area (TPSA) is 24.9 Å². The Balaban J connectivity index is 1.15. The molecule has 4 heteroatoms. The number of nitrogens with zero attached hydrogens (tertiary/aromatic N) is 2. The highest BCUT2D eigenvalue weighted by atomic mass is 16.6. The standard InChI is InChI=1S/C58H44N2O2/c1-57(2)47-27-15-13-23-41(47)43-33-31-39(35-49(43)57)59(37-19-7-5-8-20-37)53-45-25-11-12-26-46(45)54(56-55(53)61-51-29-17-18-30-52(51)62-56)60(38-21-9-6-10-22-38)40-32-34-44-42-24-14-16-28-48(42)58(3,4)50(44)36-40/h5-36H,1-4H3. The number of rotatable bonds is 6. The van der Waals surface area contributed by atoms with E-state index in [1.807, 2.05) is 24.3 Å². The summed E-state index contributed by atoms with van der Waals surface area (Å²) in [5.41, 5.74) is 16.0. The highest BCUT2D eigenvalue weighted by molar-refractivity contribution is 6.13. The van der Waals surface area contributed by atoms with E-state index in [-0.39, 0.29) is 10.8 Å². The Morgan fingerprint density at radius 2 is 0.677 bits per heavy atom. The Hall–Kier alpha value is -7.56. The molecule has 3 aliphatic rings. The van der Waals surface area contributed by atoms with Gasteiger partial charge in [0.1, 0.15) is 11.4 Å². The van der Waals surface area contributed by atoms with E-state index in [4.69, 9.17) is 9.47 Å². The predicted molar refractivity (Wildman–Crippen MR) is 255 cm³/mol. The molecule has 0 bridgehead atoms. The molecule has 0 saturated carbocycles. The van der Waals surface area contributed by atoms with Crippen molar-refractivity contribution in [2.75, 3.05) is 9.80 Å². The van der Waals surface area contributed by atoms with Crippen LogP contribution >= 0.6 is 0 Å². The zero-order valence-corrected chi connectivity index (χ0v) is 35.2. The van der Waals surface area contributed by atoms with Crippen LogP contribution in [-0.4, -0.2) is 0 Å². The molecule has 1 heterocycles. The summed E-state index contributed by atoms with van der Waals surface area (Å²) < 4.78 is 14.5. The average molecular weight is 801 g/mol. The van der Waals surface area contributed by atoms with E-state index in [0.29, 0.717) is 23.0 Å². The monoisotopic (exact) mass is 800 g/mol. The van der Waals surface area contributed by atoms with Crippen molar-refractivity contribution in [2.24, 2.45) is 0 Å². The van der Waals surface area contributed by atoms with E-state index in [0.717, 1.165) is 44.9 Å². The molecule has 0 amide bonds.